The summed E-state index contributed by atoms with van der Waals surface area (Å²) >= 11 is 5.99. The van der Waals surface area contributed by atoms with Crippen LogP contribution in [0.1, 0.15) is 24.8 Å². The maximum absolute atomic E-state index is 12.1. The van der Waals surface area contributed by atoms with Crippen molar-refractivity contribution in [3.05, 3.63) is 38.9 Å². The molecule has 1 saturated carbocycles. The number of nitro groups is 1. The van der Waals surface area contributed by atoms with E-state index in [1.54, 1.807) is 0 Å². The lowest BCUT2D eigenvalue weighted by Crippen LogP contribution is -2.40. The van der Waals surface area contributed by atoms with E-state index >= 15 is 0 Å². The van der Waals surface area contributed by atoms with Gasteiger partial charge in [0, 0.05) is 18.2 Å². The second-order valence-corrected chi connectivity index (χ2v) is 5.72. The molecule has 3 N–H and O–H groups in total. The third kappa shape index (κ3) is 4.56. The number of nitrogens with zero attached hydrogens (tertiary/aromatic N) is 1. The molecule has 0 aliphatic heterocycles. The number of carbonyl (C=O) groups is 1. The van der Waals surface area contributed by atoms with Crippen LogP contribution < -0.4 is 11.1 Å². The summed E-state index contributed by atoms with van der Waals surface area (Å²) in [6, 6.07) is 4.27. The minimum Gasteiger partial charge on any atom is -0.353 e. The van der Waals surface area contributed by atoms with Gasteiger partial charge in [0.1, 0.15) is 0 Å². The minimum atomic E-state index is -0.514. The number of nitro benzene ring substituents is 1. The van der Waals surface area contributed by atoms with E-state index in [0.29, 0.717) is 18.0 Å². The van der Waals surface area contributed by atoms with Crippen molar-refractivity contribution in [2.24, 2.45) is 11.7 Å². The maximum atomic E-state index is 12.1. The molecule has 2 unspecified atom stereocenters. The van der Waals surface area contributed by atoms with Crippen LogP contribution in [-0.2, 0) is 11.2 Å². The zero-order chi connectivity index (χ0) is 15.4. The first-order chi connectivity index (χ1) is 10.0. The molecule has 0 aromatic heterocycles. The SMILES string of the molecule is Cl.NCC1CCCC1NC(=O)Cc1ccc([N+](=O)[O-])cc1Cl. The molecule has 0 saturated heterocycles. The predicted octanol–water partition coefficient (Wildman–Crippen LogP) is 2.46. The summed E-state index contributed by atoms with van der Waals surface area (Å²) in [5.74, 6) is 0.206. The Morgan fingerprint density at radius 3 is 2.77 bits per heavy atom. The van der Waals surface area contributed by atoms with Gasteiger partial charge in [-0.3, -0.25) is 14.9 Å². The zero-order valence-electron chi connectivity index (χ0n) is 12.0. The molecule has 0 radical (unpaired) electrons. The highest BCUT2D eigenvalue weighted by Gasteiger charge is 2.27. The molecule has 1 aliphatic rings. The third-order valence-corrected chi connectivity index (χ3v) is 4.26. The summed E-state index contributed by atoms with van der Waals surface area (Å²) in [7, 11) is 0. The fraction of sp³-hybridized carbons (Fsp3) is 0.500. The second kappa shape index (κ2) is 8.31. The fourth-order valence-corrected chi connectivity index (χ4v) is 2.97. The van der Waals surface area contributed by atoms with E-state index in [1.165, 1.54) is 18.2 Å². The molecule has 6 nitrogen and oxygen atoms in total. The highest BCUT2D eigenvalue weighted by molar-refractivity contribution is 6.31. The Labute approximate surface area is 140 Å². The lowest BCUT2D eigenvalue weighted by atomic mass is 10.0. The van der Waals surface area contributed by atoms with Gasteiger partial charge in [-0.2, -0.15) is 0 Å². The molecule has 1 fully saturated rings. The van der Waals surface area contributed by atoms with Gasteiger partial charge in [-0.15, -0.1) is 12.4 Å². The van der Waals surface area contributed by atoms with E-state index in [4.69, 9.17) is 17.3 Å². The first-order valence-corrected chi connectivity index (χ1v) is 7.31. The molecule has 0 bridgehead atoms. The van der Waals surface area contributed by atoms with Crippen LogP contribution in [0.15, 0.2) is 18.2 Å². The molecule has 1 aliphatic carbocycles. The van der Waals surface area contributed by atoms with Crippen LogP contribution in [0.25, 0.3) is 0 Å². The molecule has 22 heavy (non-hydrogen) atoms. The van der Waals surface area contributed by atoms with E-state index in [9.17, 15) is 14.9 Å². The van der Waals surface area contributed by atoms with E-state index in [0.717, 1.165) is 19.3 Å². The molecule has 0 heterocycles. The van der Waals surface area contributed by atoms with Gasteiger partial charge in [-0.25, -0.2) is 0 Å². The fourth-order valence-electron chi connectivity index (χ4n) is 2.73. The van der Waals surface area contributed by atoms with E-state index < -0.39 is 4.92 Å². The molecule has 0 spiro atoms. The smallest absolute Gasteiger partial charge is 0.270 e. The molecular formula is C14H19Cl2N3O3. The number of non-ortho nitro benzene ring substituents is 1. The van der Waals surface area contributed by atoms with Crippen molar-refractivity contribution in [3.63, 3.8) is 0 Å². The van der Waals surface area contributed by atoms with Gasteiger partial charge >= 0.3 is 0 Å². The van der Waals surface area contributed by atoms with Gasteiger partial charge in [0.2, 0.25) is 5.91 Å². The molecular weight excluding hydrogens is 329 g/mol. The summed E-state index contributed by atoms with van der Waals surface area (Å²) in [5.41, 5.74) is 6.19. The lowest BCUT2D eigenvalue weighted by Gasteiger charge is -2.19. The van der Waals surface area contributed by atoms with Crippen LogP contribution in [-0.4, -0.2) is 23.4 Å². The Kier molecular flexibility index (Phi) is 7.06. The van der Waals surface area contributed by atoms with Gasteiger partial charge in [0.25, 0.3) is 5.69 Å². The number of hydrogen-bond donors (Lipinski definition) is 2. The summed E-state index contributed by atoms with van der Waals surface area (Å²) in [6.45, 7) is 0.573. The van der Waals surface area contributed by atoms with Gasteiger partial charge in [0.05, 0.1) is 16.4 Å². The van der Waals surface area contributed by atoms with E-state index in [1.807, 2.05) is 0 Å². The summed E-state index contributed by atoms with van der Waals surface area (Å²) < 4.78 is 0. The Bertz CT molecular complexity index is 554. The number of nitrogens with two attached hydrogens (primary N) is 1. The average molecular weight is 348 g/mol. The van der Waals surface area contributed by atoms with Crippen molar-refractivity contribution in [1.29, 1.82) is 0 Å². The molecule has 1 amide bonds. The Hall–Kier alpha value is -1.37. The van der Waals surface area contributed by atoms with Crippen LogP contribution >= 0.6 is 24.0 Å². The quantitative estimate of drug-likeness (QED) is 0.631. The van der Waals surface area contributed by atoms with Crippen LogP contribution in [0, 0.1) is 16.0 Å². The number of carbonyl (C=O) groups excluding carboxylic acids is 1. The second-order valence-electron chi connectivity index (χ2n) is 5.31. The van der Waals surface area contributed by atoms with Crippen molar-refractivity contribution in [1.82, 2.24) is 5.32 Å². The van der Waals surface area contributed by atoms with Crippen molar-refractivity contribution in [2.45, 2.75) is 31.7 Å². The highest BCUT2D eigenvalue weighted by Crippen LogP contribution is 2.26. The molecule has 1 aromatic carbocycles. The number of hydrogen-bond acceptors (Lipinski definition) is 4. The number of nitrogens with one attached hydrogen (secondary N) is 1. The molecule has 2 rings (SSSR count). The Balaban J connectivity index is 0.00000242. The van der Waals surface area contributed by atoms with Crippen LogP contribution in [0.4, 0.5) is 5.69 Å². The normalized spacial score (nSPS) is 20.3. The van der Waals surface area contributed by atoms with Crippen molar-refractivity contribution < 1.29 is 9.72 Å². The standard InChI is InChI=1S/C14H18ClN3O3.ClH/c15-12-7-11(18(20)21)5-4-9(12)6-14(19)17-13-3-1-2-10(13)8-16;/h4-5,7,10,13H,1-3,6,8,16H2,(H,17,19);1H. The molecule has 1 aromatic rings. The van der Waals surface area contributed by atoms with Crippen LogP contribution in [0.5, 0.6) is 0 Å². The average Bonchev–Trinajstić information content (AvgIpc) is 2.87. The zero-order valence-corrected chi connectivity index (χ0v) is 13.5. The lowest BCUT2D eigenvalue weighted by molar-refractivity contribution is -0.384. The maximum Gasteiger partial charge on any atom is 0.270 e. The minimum absolute atomic E-state index is 0. The van der Waals surface area contributed by atoms with E-state index in [-0.39, 0.29) is 41.5 Å². The van der Waals surface area contributed by atoms with Crippen molar-refractivity contribution in [2.75, 3.05) is 6.54 Å². The Morgan fingerprint density at radius 2 is 2.18 bits per heavy atom. The van der Waals surface area contributed by atoms with E-state index in [2.05, 4.69) is 5.32 Å². The number of rotatable bonds is 5. The molecule has 2 atom stereocenters. The van der Waals surface area contributed by atoms with Crippen molar-refractivity contribution in [3.8, 4) is 0 Å². The summed E-state index contributed by atoms with van der Waals surface area (Å²) in [6.07, 6.45) is 3.18. The first kappa shape index (κ1) is 18.7. The first-order valence-electron chi connectivity index (χ1n) is 6.93. The highest BCUT2D eigenvalue weighted by atomic mass is 35.5. The summed E-state index contributed by atoms with van der Waals surface area (Å²) in [4.78, 5) is 22.2. The van der Waals surface area contributed by atoms with Gasteiger partial charge in [-0.1, -0.05) is 24.1 Å². The van der Waals surface area contributed by atoms with Gasteiger partial charge in [-0.05, 0) is 30.9 Å². The number of amides is 1. The third-order valence-electron chi connectivity index (χ3n) is 3.91. The van der Waals surface area contributed by atoms with Gasteiger partial charge < -0.3 is 11.1 Å². The largest absolute Gasteiger partial charge is 0.353 e. The predicted molar refractivity (Wildman–Crippen MR) is 87.4 cm³/mol. The molecule has 122 valence electrons. The van der Waals surface area contributed by atoms with Crippen LogP contribution in [0.2, 0.25) is 5.02 Å². The monoisotopic (exact) mass is 347 g/mol. The summed E-state index contributed by atoms with van der Waals surface area (Å²) in [5, 5.41) is 13.9. The van der Waals surface area contributed by atoms with Crippen molar-refractivity contribution >= 4 is 35.6 Å². The topological polar surface area (TPSA) is 98.3 Å². The number of benzene rings is 1. The van der Waals surface area contributed by atoms with Crippen LogP contribution in [0.3, 0.4) is 0 Å². The Morgan fingerprint density at radius 1 is 1.45 bits per heavy atom. The molecule has 8 heteroatoms. The van der Waals surface area contributed by atoms with Gasteiger partial charge in [0.15, 0.2) is 0 Å². The number of halogens is 2.